The third kappa shape index (κ3) is 4.15. The fraction of sp³-hybridized carbons (Fsp3) is 0.368. The second kappa shape index (κ2) is 7.37. The lowest BCUT2D eigenvalue weighted by molar-refractivity contribution is 0.587. The van der Waals surface area contributed by atoms with Crippen molar-refractivity contribution in [3.8, 4) is 11.1 Å². The lowest BCUT2D eigenvalue weighted by Gasteiger charge is -2.10. The van der Waals surface area contributed by atoms with Gasteiger partial charge in [0.2, 0.25) is 0 Å². The minimum Gasteiger partial charge on any atom is -0.313 e. The summed E-state index contributed by atoms with van der Waals surface area (Å²) in [5, 5.41) is 3.25. The molecule has 2 rings (SSSR count). The van der Waals surface area contributed by atoms with Gasteiger partial charge in [0.1, 0.15) is 5.82 Å². The molecule has 0 bridgehead atoms. The van der Waals surface area contributed by atoms with Crippen LogP contribution in [0.2, 0.25) is 0 Å². The molecule has 0 atom stereocenters. The summed E-state index contributed by atoms with van der Waals surface area (Å²) in [4.78, 5) is 0. The second-order valence-corrected chi connectivity index (χ2v) is 5.76. The van der Waals surface area contributed by atoms with E-state index in [-0.39, 0.29) is 5.82 Å². The summed E-state index contributed by atoms with van der Waals surface area (Å²) >= 11 is 0. The van der Waals surface area contributed by atoms with Crippen molar-refractivity contribution in [2.24, 2.45) is 0 Å². The Labute approximate surface area is 127 Å². The molecule has 0 aromatic heterocycles. The lowest BCUT2D eigenvalue weighted by Crippen LogP contribution is -2.14. The van der Waals surface area contributed by atoms with Gasteiger partial charge in [-0.15, -0.1) is 0 Å². The number of halogens is 1. The SMILES string of the molecule is CCCNCc1cc(-c2ccc(C(C)C)cc2)ccc1F. The molecule has 0 radical (unpaired) electrons. The number of nitrogens with one attached hydrogen (secondary N) is 1. The zero-order chi connectivity index (χ0) is 15.2. The number of benzene rings is 2. The molecule has 0 aliphatic carbocycles. The molecule has 0 heterocycles. The standard InChI is InChI=1S/C19H24FN/c1-4-11-21-13-18-12-17(9-10-19(18)20)16-7-5-15(6-8-16)14(2)3/h5-10,12,14,21H,4,11,13H2,1-3H3. The fourth-order valence-electron chi connectivity index (χ4n) is 2.35. The molecule has 112 valence electrons. The molecule has 2 aromatic rings. The Morgan fingerprint density at radius 1 is 1.00 bits per heavy atom. The maximum absolute atomic E-state index is 13.8. The van der Waals surface area contributed by atoms with Gasteiger partial charge in [0, 0.05) is 12.1 Å². The zero-order valence-electron chi connectivity index (χ0n) is 13.1. The minimum absolute atomic E-state index is 0.138. The Morgan fingerprint density at radius 2 is 1.67 bits per heavy atom. The van der Waals surface area contributed by atoms with Crippen molar-refractivity contribution >= 4 is 0 Å². The van der Waals surface area contributed by atoms with Crippen LogP contribution in [0.1, 0.15) is 44.2 Å². The number of hydrogen-bond donors (Lipinski definition) is 1. The molecule has 1 nitrogen and oxygen atoms in total. The third-order valence-electron chi connectivity index (χ3n) is 3.70. The number of hydrogen-bond acceptors (Lipinski definition) is 1. The van der Waals surface area contributed by atoms with Crippen molar-refractivity contribution in [3.63, 3.8) is 0 Å². The average Bonchev–Trinajstić information content (AvgIpc) is 2.49. The van der Waals surface area contributed by atoms with Crippen LogP contribution >= 0.6 is 0 Å². The van der Waals surface area contributed by atoms with Crippen LogP contribution in [0, 0.1) is 5.82 Å². The molecule has 1 N–H and O–H groups in total. The van der Waals surface area contributed by atoms with E-state index >= 15 is 0 Å². The first-order valence-corrected chi connectivity index (χ1v) is 7.71. The molecule has 21 heavy (non-hydrogen) atoms. The van der Waals surface area contributed by atoms with Crippen LogP contribution in [0.15, 0.2) is 42.5 Å². The van der Waals surface area contributed by atoms with Crippen molar-refractivity contribution in [3.05, 3.63) is 59.4 Å². The highest BCUT2D eigenvalue weighted by Gasteiger charge is 2.06. The van der Waals surface area contributed by atoms with Gasteiger partial charge >= 0.3 is 0 Å². The summed E-state index contributed by atoms with van der Waals surface area (Å²) in [5.74, 6) is 0.391. The predicted molar refractivity (Wildman–Crippen MR) is 87.9 cm³/mol. The Morgan fingerprint density at radius 3 is 2.29 bits per heavy atom. The fourth-order valence-corrected chi connectivity index (χ4v) is 2.35. The smallest absolute Gasteiger partial charge is 0.127 e. The Hall–Kier alpha value is -1.67. The highest BCUT2D eigenvalue weighted by Crippen LogP contribution is 2.24. The van der Waals surface area contributed by atoms with E-state index in [1.54, 1.807) is 6.07 Å². The van der Waals surface area contributed by atoms with Crippen LogP contribution in [-0.4, -0.2) is 6.54 Å². The van der Waals surface area contributed by atoms with Crippen LogP contribution in [0.4, 0.5) is 4.39 Å². The van der Waals surface area contributed by atoms with Crippen LogP contribution in [0.25, 0.3) is 11.1 Å². The molecule has 2 aromatic carbocycles. The van der Waals surface area contributed by atoms with Gasteiger partial charge in [-0.1, -0.05) is 51.1 Å². The predicted octanol–water partition coefficient (Wildman–Crippen LogP) is 5.12. The maximum Gasteiger partial charge on any atom is 0.127 e. The van der Waals surface area contributed by atoms with Crippen LogP contribution in [0.3, 0.4) is 0 Å². The quantitative estimate of drug-likeness (QED) is 0.727. The largest absolute Gasteiger partial charge is 0.313 e. The molecule has 2 heteroatoms. The molecule has 0 unspecified atom stereocenters. The minimum atomic E-state index is -0.138. The van der Waals surface area contributed by atoms with Gasteiger partial charge in [-0.25, -0.2) is 4.39 Å². The summed E-state index contributed by atoms with van der Waals surface area (Å²) < 4.78 is 13.8. The topological polar surface area (TPSA) is 12.0 Å². The van der Waals surface area contributed by atoms with Crippen molar-refractivity contribution in [1.29, 1.82) is 0 Å². The molecule has 0 saturated carbocycles. The van der Waals surface area contributed by atoms with Gasteiger partial charge in [-0.2, -0.15) is 0 Å². The van der Waals surface area contributed by atoms with E-state index in [1.165, 1.54) is 5.56 Å². The van der Waals surface area contributed by atoms with Gasteiger partial charge in [0.15, 0.2) is 0 Å². The highest BCUT2D eigenvalue weighted by atomic mass is 19.1. The van der Waals surface area contributed by atoms with Crippen LogP contribution in [-0.2, 0) is 6.54 Å². The Kier molecular flexibility index (Phi) is 5.51. The van der Waals surface area contributed by atoms with E-state index in [2.05, 4.69) is 50.4 Å². The van der Waals surface area contributed by atoms with Crippen LogP contribution in [0.5, 0.6) is 0 Å². The Balaban J connectivity index is 2.21. The molecule has 0 amide bonds. The first-order valence-electron chi connectivity index (χ1n) is 7.71. The first kappa shape index (κ1) is 15.7. The summed E-state index contributed by atoms with van der Waals surface area (Å²) in [6.07, 6.45) is 1.05. The van der Waals surface area contributed by atoms with Crippen molar-refractivity contribution < 1.29 is 4.39 Å². The highest BCUT2D eigenvalue weighted by molar-refractivity contribution is 5.64. The molecule has 0 fully saturated rings. The second-order valence-electron chi connectivity index (χ2n) is 5.76. The Bertz CT molecular complexity index is 573. The lowest BCUT2D eigenvalue weighted by atomic mass is 9.98. The molecular formula is C19H24FN. The molecule has 0 saturated heterocycles. The van der Waals surface area contributed by atoms with Gasteiger partial charge in [0.05, 0.1) is 0 Å². The van der Waals surface area contributed by atoms with Gasteiger partial charge < -0.3 is 5.32 Å². The summed E-state index contributed by atoms with van der Waals surface area (Å²) in [5.41, 5.74) is 4.26. The van der Waals surface area contributed by atoms with E-state index in [9.17, 15) is 4.39 Å². The average molecular weight is 285 g/mol. The van der Waals surface area contributed by atoms with E-state index in [0.717, 1.165) is 29.7 Å². The molecule has 0 aliphatic rings. The van der Waals surface area contributed by atoms with Gasteiger partial charge in [-0.05, 0) is 47.7 Å². The van der Waals surface area contributed by atoms with E-state index in [1.807, 2.05) is 12.1 Å². The first-order chi connectivity index (χ1) is 10.1. The van der Waals surface area contributed by atoms with Gasteiger partial charge in [0.25, 0.3) is 0 Å². The van der Waals surface area contributed by atoms with E-state index in [0.29, 0.717) is 12.5 Å². The molecular weight excluding hydrogens is 261 g/mol. The maximum atomic E-state index is 13.8. The third-order valence-corrected chi connectivity index (χ3v) is 3.70. The monoisotopic (exact) mass is 285 g/mol. The normalized spacial score (nSPS) is 11.1. The van der Waals surface area contributed by atoms with Crippen LogP contribution < -0.4 is 5.32 Å². The number of rotatable bonds is 6. The molecule has 0 aliphatic heterocycles. The summed E-state index contributed by atoms with van der Waals surface area (Å²) in [6, 6.07) is 13.9. The summed E-state index contributed by atoms with van der Waals surface area (Å²) in [7, 11) is 0. The van der Waals surface area contributed by atoms with E-state index in [4.69, 9.17) is 0 Å². The van der Waals surface area contributed by atoms with Gasteiger partial charge in [-0.3, -0.25) is 0 Å². The van der Waals surface area contributed by atoms with Crippen molar-refractivity contribution in [2.45, 2.75) is 39.7 Å². The van der Waals surface area contributed by atoms with E-state index < -0.39 is 0 Å². The van der Waals surface area contributed by atoms with Crippen molar-refractivity contribution in [1.82, 2.24) is 5.32 Å². The summed E-state index contributed by atoms with van der Waals surface area (Å²) in [6.45, 7) is 7.97. The van der Waals surface area contributed by atoms with Crippen molar-refractivity contribution in [2.75, 3.05) is 6.54 Å². The zero-order valence-corrected chi connectivity index (χ0v) is 13.1. The molecule has 0 spiro atoms.